The van der Waals surface area contributed by atoms with Gasteiger partial charge in [-0.3, -0.25) is 19.8 Å². The lowest BCUT2D eigenvalue weighted by atomic mass is 10.1. The quantitative estimate of drug-likeness (QED) is 0.387. The highest BCUT2D eigenvalue weighted by Gasteiger charge is 2.35. The Labute approximate surface area is 188 Å². The predicted molar refractivity (Wildman–Crippen MR) is 119 cm³/mol. The van der Waals surface area contributed by atoms with E-state index in [2.05, 4.69) is 5.32 Å². The maximum Gasteiger partial charge on any atom is 0.335 e. The maximum absolute atomic E-state index is 13.1. The van der Waals surface area contributed by atoms with Crippen LogP contribution in [0.3, 0.4) is 0 Å². The summed E-state index contributed by atoms with van der Waals surface area (Å²) >= 11 is 11.4. The van der Waals surface area contributed by atoms with Gasteiger partial charge in [-0.1, -0.05) is 17.7 Å². The number of halogens is 1. The van der Waals surface area contributed by atoms with Gasteiger partial charge in [0, 0.05) is 6.07 Å². The zero-order valence-corrected chi connectivity index (χ0v) is 18.0. The largest absolute Gasteiger partial charge is 0.493 e. The summed E-state index contributed by atoms with van der Waals surface area (Å²) in [4.78, 5) is 38.0. The number of methoxy groups -OCH3 is 1. The number of carboxylic acid groups (broad SMARTS) is 1. The molecule has 1 heterocycles. The van der Waals surface area contributed by atoms with Crippen molar-refractivity contribution in [1.82, 2.24) is 5.32 Å². The summed E-state index contributed by atoms with van der Waals surface area (Å²) in [6.07, 6.45) is 1.32. The van der Waals surface area contributed by atoms with Crippen LogP contribution in [0.4, 0.5) is 5.69 Å². The molecule has 2 N–H and O–H groups in total. The van der Waals surface area contributed by atoms with Crippen LogP contribution < -0.4 is 19.7 Å². The van der Waals surface area contributed by atoms with Crippen LogP contribution in [0.1, 0.15) is 22.8 Å². The Morgan fingerprint density at radius 1 is 1.26 bits per heavy atom. The minimum atomic E-state index is -1.16. The normalized spacial score (nSPS) is 15.1. The van der Waals surface area contributed by atoms with Crippen molar-refractivity contribution in [2.24, 2.45) is 0 Å². The van der Waals surface area contributed by atoms with Gasteiger partial charge in [0.2, 0.25) is 0 Å². The number of carboxylic acids is 1. The summed E-state index contributed by atoms with van der Waals surface area (Å²) in [5.41, 5.74) is 0.298. The molecule has 31 heavy (non-hydrogen) atoms. The number of hydrogen-bond acceptors (Lipinski definition) is 6. The zero-order chi connectivity index (χ0) is 22.7. The molecule has 1 aliphatic rings. The van der Waals surface area contributed by atoms with E-state index in [0.717, 1.165) is 4.90 Å². The van der Waals surface area contributed by atoms with Crippen molar-refractivity contribution in [3.63, 3.8) is 0 Å². The Kier molecular flexibility index (Phi) is 6.57. The average molecular weight is 461 g/mol. The molecule has 0 atom stereocenters. The number of rotatable bonds is 6. The van der Waals surface area contributed by atoms with Gasteiger partial charge in [0.15, 0.2) is 16.6 Å². The smallest absolute Gasteiger partial charge is 0.335 e. The molecule has 2 aromatic carbocycles. The Morgan fingerprint density at radius 3 is 2.65 bits per heavy atom. The summed E-state index contributed by atoms with van der Waals surface area (Å²) in [6, 6.07) is 8.73. The molecule has 1 aliphatic heterocycles. The predicted octanol–water partition coefficient (Wildman–Crippen LogP) is 3.28. The summed E-state index contributed by atoms with van der Waals surface area (Å²) in [5, 5.41) is 11.7. The average Bonchev–Trinajstić information content (AvgIpc) is 2.73. The molecule has 0 saturated carbocycles. The molecule has 0 aliphatic carbocycles. The molecule has 0 spiro atoms. The van der Waals surface area contributed by atoms with E-state index >= 15 is 0 Å². The lowest BCUT2D eigenvalue weighted by Gasteiger charge is -2.29. The number of aromatic carboxylic acids is 1. The Bertz CT molecular complexity index is 1130. The number of hydrogen-bond donors (Lipinski definition) is 2. The number of nitrogens with one attached hydrogen (secondary N) is 1. The van der Waals surface area contributed by atoms with Gasteiger partial charge >= 0.3 is 5.97 Å². The minimum absolute atomic E-state index is 0.0323. The molecule has 0 bridgehead atoms. The highest BCUT2D eigenvalue weighted by molar-refractivity contribution is 7.80. The van der Waals surface area contributed by atoms with Crippen LogP contribution in [0, 0.1) is 0 Å². The number of anilines is 1. The molecule has 0 aromatic heterocycles. The summed E-state index contributed by atoms with van der Waals surface area (Å²) in [7, 11) is 1.47. The molecule has 160 valence electrons. The van der Waals surface area contributed by atoms with Crippen molar-refractivity contribution in [2.75, 3.05) is 18.6 Å². The van der Waals surface area contributed by atoms with Gasteiger partial charge < -0.3 is 14.6 Å². The van der Waals surface area contributed by atoms with E-state index in [1.807, 2.05) is 0 Å². The SMILES string of the molecule is CCOc1cc(C=C2C(=O)NC(=S)N(c3cccc(C(=O)O)c3)C2=O)c(Cl)cc1OC. The second-order valence-corrected chi connectivity index (χ2v) is 7.06. The Hall–Kier alpha value is -3.43. The number of carbonyl (C=O) groups is 3. The number of ether oxygens (including phenoxy) is 2. The number of nitrogens with zero attached hydrogens (tertiary/aromatic N) is 1. The van der Waals surface area contributed by atoms with Gasteiger partial charge in [0.25, 0.3) is 11.8 Å². The van der Waals surface area contributed by atoms with Crippen molar-refractivity contribution >= 4 is 58.5 Å². The molecule has 0 unspecified atom stereocenters. The van der Waals surface area contributed by atoms with E-state index in [1.54, 1.807) is 13.0 Å². The first-order chi connectivity index (χ1) is 14.8. The third-order valence-corrected chi connectivity index (χ3v) is 4.95. The summed E-state index contributed by atoms with van der Waals surface area (Å²) < 4.78 is 10.8. The van der Waals surface area contributed by atoms with E-state index in [9.17, 15) is 19.5 Å². The molecular weight excluding hydrogens is 444 g/mol. The molecule has 2 amide bonds. The molecule has 1 fully saturated rings. The fourth-order valence-corrected chi connectivity index (χ4v) is 3.40. The van der Waals surface area contributed by atoms with Crippen molar-refractivity contribution in [1.29, 1.82) is 0 Å². The van der Waals surface area contributed by atoms with Gasteiger partial charge in [-0.25, -0.2) is 4.79 Å². The Morgan fingerprint density at radius 2 is 2.00 bits per heavy atom. The summed E-state index contributed by atoms with van der Waals surface area (Å²) in [6.45, 7) is 2.17. The second-order valence-electron chi connectivity index (χ2n) is 6.27. The second kappa shape index (κ2) is 9.15. The van der Waals surface area contributed by atoms with E-state index in [1.165, 1.54) is 43.5 Å². The van der Waals surface area contributed by atoms with Gasteiger partial charge in [-0.2, -0.15) is 0 Å². The van der Waals surface area contributed by atoms with Gasteiger partial charge in [-0.05, 0) is 55.0 Å². The van der Waals surface area contributed by atoms with E-state index in [-0.39, 0.29) is 27.0 Å². The minimum Gasteiger partial charge on any atom is -0.493 e. The highest BCUT2D eigenvalue weighted by atomic mass is 35.5. The molecule has 10 heteroatoms. The van der Waals surface area contributed by atoms with E-state index in [4.69, 9.17) is 33.3 Å². The fourth-order valence-electron chi connectivity index (χ4n) is 2.91. The highest BCUT2D eigenvalue weighted by Crippen LogP contribution is 2.35. The lowest BCUT2D eigenvalue weighted by molar-refractivity contribution is -0.122. The van der Waals surface area contributed by atoms with Crippen LogP contribution in [-0.4, -0.2) is 41.7 Å². The lowest BCUT2D eigenvalue weighted by Crippen LogP contribution is -2.54. The molecule has 8 nitrogen and oxygen atoms in total. The topological polar surface area (TPSA) is 105 Å². The number of benzene rings is 2. The van der Waals surface area contributed by atoms with Crippen LogP contribution in [0.2, 0.25) is 5.02 Å². The first-order valence-corrected chi connectivity index (χ1v) is 9.80. The van der Waals surface area contributed by atoms with Crippen LogP contribution in [0.5, 0.6) is 11.5 Å². The van der Waals surface area contributed by atoms with Crippen LogP contribution in [0.25, 0.3) is 6.08 Å². The molecular formula is C21H17ClN2O6S. The van der Waals surface area contributed by atoms with Crippen molar-refractivity contribution in [3.8, 4) is 11.5 Å². The van der Waals surface area contributed by atoms with Crippen LogP contribution >= 0.6 is 23.8 Å². The maximum atomic E-state index is 13.1. The summed E-state index contributed by atoms with van der Waals surface area (Å²) in [5.74, 6) is -1.79. The zero-order valence-electron chi connectivity index (χ0n) is 16.5. The molecule has 2 aromatic rings. The van der Waals surface area contributed by atoms with E-state index in [0.29, 0.717) is 23.7 Å². The van der Waals surface area contributed by atoms with Gasteiger partial charge in [-0.15, -0.1) is 0 Å². The van der Waals surface area contributed by atoms with Crippen molar-refractivity contribution < 1.29 is 29.0 Å². The van der Waals surface area contributed by atoms with Crippen molar-refractivity contribution in [2.45, 2.75) is 6.92 Å². The number of thiocarbonyl (C=S) groups is 1. The Balaban J connectivity index is 2.06. The van der Waals surface area contributed by atoms with Gasteiger partial charge in [0.1, 0.15) is 5.57 Å². The van der Waals surface area contributed by atoms with Crippen molar-refractivity contribution in [3.05, 3.63) is 58.1 Å². The first-order valence-electron chi connectivity index (χ1n) is 9.02. The van der Waals surface area contributed by atoms with Crippen LogP contribution in [-0.2, 0) is 9.59 Å². The van der Waals surface area contributed by atoms with Crippen LogP contribution in [0.15, 0.2) is 42.0 Å². The first kappa shape index (κ1) is 22.3. The monoisotopic (exact) mass is 460 g/mol. The van der Waals surface area contributed by atoms with Gasteiger partial charge in [0.05, 0.1) is 30.0 Å². The third kappa shape index (κ3) is 4.52. The molecule has 1 saturated heterocycles. The molecule has 0 radical (unpaired) electrons. The third-order valence-electron chi connectivity index (χ3n) is 4.34. The molecule has 3 rings (SSSR count). The van der Waals surface area contributed by atoms with E-state index < -0.39 is 17.8 Å². The standard InChI is InChI=1S/C21H17ClN2O6S/c1-3-30-17-9-12(15(22)10-16(17)29-2)8-14-18(25)23-21(31)24(19(14)26)13-6-4-5-11(7-13)20(27)28/h4-10H,3H2,1-2H3,(H,27,28)(H,23,25,31). The number of carbonyl (C=O) groups excluding carboxylic acids is 2. The fraction of sp³-hybridized carbons (Fsp3) is 0.143. The number of amides is 2.